The van der Waals surface area contributed by atoms with Gasteiger partial charge >= 0.3 is 0 Å². The molecule has 0 spiro atoms. The number of hydrogen-bond donors (Lipinski definition) is 0. The first-order valence-electron chi connectivity index (χ1n) is 8.30. The predicted molar refractivity (Wildman–Crippen MR) is 112 cm³/mol. The lowest BCUT2D eigenvalue weighted by Crippen LogP contribution is -2.32. The molecule has 28 heavy (non-hydrogen) atoms. The van der Waals surface area contributed by atoms with Gasteiger partial charge in [0, 0.05) is 25.5 Å². The van der Waals surface area contributed by atoms with E-state index in [2.05, 4.69) is 9.97 Å². The fraction of sp³-hybridized carbons (Fsp3) is 0.167. The van der Waals surface area contributed by atoms with Gasteiger partial charge in [0.1, 0.15) is 15.7 Å². The number of anilines is 1. The number of aryl methyl sites for hydroxylation is 1. The van der Waals surface area contributed by atoms with E-state index >= 15 is 0 Å². The number of hydrogen-bond acceptors (Lipinski definition) is 5. The van der Waals surface area contributed by atoms with Gasteiger partial charge in [0.05, 0.1) is 20.9 Å². The Morgan fingerprint density at radius 1 is 1.29 bits per heavy atom. The summed E-state index contributed by atoms with van der Waals surface area (Å²) in [5.41, 5.74) is 0.573. The molecular formula is C18H13Cl2FN4OS2. The summed E-state index contributed by atoms with van der Waals surface area (Å²) in [5.74, 6) is -0.722. The molecule has 0 saturated heterocycles. The van der Waals surface area contributed by atoms with Crippen LogP contribution in [0.5, 0.6) is 0 Å². The Bertz CT molecular complexity index is 1130. The molecule has 0 radical (unpaired) electrons. The van der Waals surface area contributed by atoms with Crippen LogP contribution >= 0.6 is 45.9 Å². The van der Waals surface area contributed by atoms with Crippen molar-refractivity contribution >= 4 is 67.1 Å². The summed E-state index contributed by atoms with van der Waals surface area (Å²) in [6.07, 6.45) is 5.94. The van der Waals surface area contributed by atoms with Gasteiger partial charge in [-0.3, -0.25) is 9.69 Å². The third-order valence-corrected chi connectivity index (χ3v) is 6.61. The molecule has 0 aliphatic carbocycles. The maximum Gasteiger partial charge on any atom is 0.262 e. The van der Waals surface area contributed by atoms with Gasteiger partial charge in [0.2, 0.25) is 0 Å². The van der Waals surface area contributed by atoms with Crippen molar-refractivity contribution in [1.82, 2.24) is 14.5 Å². The molecule has 1 amide bonds. The molecule has 0 bridgehead atoms. The molecule has 3 aromatic heterocycles. The molecule has 0 aliphatic heterocycles. The Kier molecular flexibility index (Phi) is 5.63. The van der Waals surface area contributed by atoms with Crippen LogP contribution in [0.3, 0.4) is 0 Å². The Labute approximate surface area is 178 Å². The lowest BCUT2D eigenvalue weighted by molar-refractivity contribution is 0.0987. The number of rotatable bonds is 6. The number of aromatic nitrogens is 3. The quantitative estimate of drug-likeness (QED) is 0.373. The van der Waals surface area contributed by atoms with Gasteiger partial charge in [-0.2, -0.15) is 0 Å². The smallest absolute Gasteiger partial charge is 0.262 e. The highest BCUT2D eigenvalue weighted by Crippen LogP contribution is 2.35. The van der Waals surface area contributed by atoms with E-state index < -0.39 is 5.82 Å². The minimum atomic E-state index is -0.414. The average molecular weight is 455 g/mol. The van der Waals surface area contributed by atoms with Crippen LogP contribution in [-0.2, 0) is 6.54 Å². The first-order chi connectivity index (χ1) is 13.5. The fourth-order valence-electron chi connectivity index (χ4n) is 2.76. The fourth-order valence-corrected chi connectivity index (χ4v) is 5.22. The highest BCUT2D eigenvalue weighted by molar-refractivity contribution is 7.22. The van der Waals surface area contributed by atoms with Crippen LogP contribution in [0.25, 0.3) is 10.2 Å². The molecule has 4 rings (SSSR count). The molecule has 0 aliphatic rings. The van der Waals surface area contributed by atoms with Crippen LogP contribution in [0.1, 0.15) is 16.8 Å². The van der Waals surface area contributed by atoms with Crippen molar-refractivity contribution in [2.45, 2.75) is 13.0 Å². The first kappa shape index (κ1) is 19.3. The zero-order valence-electron chi connectivity index (χ0n) is 14.3. The van der Waals surface area contributed by atoms with Crippen molar-refractivity contribution in [3.8, 4) is 0 Å². The van der Waals surface area contributed by atoms with Crippen molar-refractivity contribution in [3.05, 3.63) is 63.0 Å². The van der Waals surface area contributed by atoms with Gasteiger partial charge in [0.25, 0.3) is 5.91 Å². The summed E-state index contributed by atoms with van der Waals surface area (Å²) in [4.78, 5) is 23.1. The second-order valence-electron chi connectivity index (χ2n) is 5.93. The van der Waals surface area contributed by atoms with Gasteiger partial charge in [-0.1, -0.05) is 40.6 Å². The van der Waals surface area contributed by atoms with Gasteiger partial charge in [-0.15, -0.1) is 11.3 Å². The molecule has 10 heteroatoms. The van der Waals surface area contributed by atoms with Crippen LogP contribution in [0.15, 0.2) is 43.0 Å². The predicted octanol–water partition coefficient (Wildman–Crippen LogP) is 5.74. The van der Waals surface area contributed by atoms with Crippen molar-refractivity contribution in [3.63, 3.8) is 0 Å². The lowest BCUT2D eigenvalue weighted by Gasteiger charge is -2.19. The van der Waals surface area contributed by atoms with E-state index in [1.807, 2.05) is 10.8 Å². The number of imidazole rings is 1. The summed E-state index contributed by atoms with van der Waals surface area (Å²) >= 11 is 14.6. The monoisotopic (exact) mass is 454 g/mol. The number of halogens is 3. The number of amides is 1. The minimum absolute atomic E-state index is 0.254. The summed E-state index contributed by atoms with van der Waals surface area (Å²) < 4.78 is 17.4. The Morgan fingerprint density at radius 2 is 2.14 bits per heavy atom. The topological polar surface area (TPSA) is 51.0 Å². The van der Waals surface area contributed by atoms with E-state index in [0.717, 1.165) is 11.3 Å². The Balaban J connectivity index is 1.66. The minimum Gasteiger partial charge on any atom is -0.337 e. The van der Waals surface area contributed by atoms with Crippen LogP contribution in [0.4, 0.5) is 9.52 Å². The van der Waals surface area contributed by atoms with Crippen molar-refractivity contribution in [2.75, 3.05) is 11.4 Å². The molecule has 0 saturated carbocycles. The third kappa shape index (κ3) is 3.91. The van der Waals surface area contributed by atoms with Gasteiger partial charge < -0.3 is 4.57 Å². The molecule has 5 nitrogen and oxygen atoms in total. The van der Waals surface area contributed by atoms with Crippen molar-refractivity contribution in [2.24, 2.45) is 0 Å². The standard InChI is InChI=1S/C18H13Cl2FN4OS2/c19-14-9-11(16(20)28-14)17(26)25(7-2-6-24-8-5-22-10-24)18-23-15-12(21)3-1-4-13(15)27-18/h1,3-5,8-10H,2,6-7H2. The molecule has 1 aromatic carbocycles. The summed E-state index contributed by atoms with van der Waals surface area (Å²) in [5, 5.41) is 0.425. The highest BCUT2D eigenvalue weighted by atomic mass is 35.5. The van der Waals surface area contributed by atoms with Crippen LogP contribution in [0.2, 0.25) is 8.67 Å². The van der Waals surface area contributed by atoms with E-state index in [1.165, 1.54) is 22.3 Å². The SMILES string of the molecule is O=C(c1cc(Cl)sc1Cl)N(CCCn1ccnc1)c1nc2c(F)cccc2s1. The first-order valence-corrected chi connectivity index (χ1v) is 10.7. The van der Waals surface area contributed by atoms with E-state index in [4.69, 9.17) is 23.2 Å². The zero-order valence-corrected chi connectivity index (χ0v) is 17.5. The second-order valence-corrected chi connectivity index (χ2v) is 9.23. The van der Waals surface area contributed by atoms with Crippen molar-refractivity contribution < 1.29 is 9.18 Å². The normalized spacial score (nSPS) is 11.2. The zero-order chi connectivity index (χ0) is 19.7. The molecule has 0 unspecified atom stereocenters. The summed E-state index contributed by atoms with van der Waals surface area (Å²) in [6, 6.07) is 6.31. The average Bonchev–Trinajstić information content (AvgIpc) is 3.38. The molecular weight excluding hydrogens is 442 g/mol. The van der Waals surface area contributed by atoms with E-state index in [9.17, 15) is 9.18 Å². The maximum atomic E-state index is 14.1. The molecule has 144 valence electrons. The second kappa shape index (κ2) is 8.16. The molecule has 0 N–H and O–H groups in total. The number of benzene rings is 1. The molecule has 0 atom stereocenters. The summed E-state index contributed by atoms with van der Waals surface area (Å²) in [6.45, 7) is 1.07. The van der Waals surface area contributed by atoms with Crippen LogP contribution < -0.4 is 4.90 Å². The number of nitrogens with zero attached hydrogens (tertiary/aromatic N) is 4. The van der Waals surface area contributed by atoms with E-state index in [0.29, 0.717) is 43.6 Å². The number of thiophene rings is 1. The van der Waals surface area contributed by atoms with Crippen LogP contribution in [0, 0.1) is 5.82 Å². The van der Waals surface area contributed by atoms with Gasteiger partial charge in [-0.05, 0) is 24.6 Å². The number of carbonyl (C=O) groups excluding carboxylic acids is 1. The van der Waals surface area contributed by atoms with Gasteiger partial charge in [0.15, 0.2) is 5.13 Å². The largest absolute Gasteiger partial charge is 0.337 e. The van der Waals surface area contributed by atoms with E-state index in [1.54, 1.807) is 30.7 Å². The Morgan fingerprint density at radius 3 is 2.82 bits per heavy atom. The third-order valence-electron chi connectivity index (χ3n) is 4.08. The number of fused-ring (bicyclic) bond motifs is 1. The maximum absolute atomic E-state index is 14.1. The summed E-state index contributed by atoms with van der Waals surface area (Å²) in [7, 11) is 0. The van der Waals surface area contributed by atoms with E-state index in [-0.39, 0.29) is 11.4 Å². The van der Waals surface area contributed by atoms with Crippen molar-refractivity contribution in [1.29, 1.82) is 0 Å². The number of para-hydroxylation sites is 1. The van der Waals surface area contributed by atoms with Gasteiger partial charge in [-0.25, -0.2) is 14.4 Å². The highest BCUT2D eigenvalue weighted by Gasteiger charge is 2.25. The van der Waals surface area contributed by atoms with Crippen LogP contribution in [-0.4, -0.2) is 27.0 Å². The number of thiazole rings is 1. The Hall–Kier alpha value is -2.00. The number of carbonyl (C=O) groups is 1. The molecule has 3 heterocycles. The lowest BCUT2D eigenvalue weighted by atomic mass is 10.3. The molecule has 4 aromatic rings. The molecule has 0 fully saturated rings.